The summed E-state index contributed by atoms with van der Waals surface area (Å²) in [5.74, 6) is 0. The van der Waals surface area contributed by atoms with Gasteiger partial charge in [0.1, 0.15) is 0 Å². The molecule has 1 atom stereocenters. The van der Waals surface area contributed by atoms with E-state index in [2.05, 4.69) is 66.9 Å². The van der Waals surface area contributed by atoms with Crippen LogP contribution in [0.3, 0.4) is 0 Å². The van der Waals surface area contributed by atoms with Gasteiger partial charge in [0.2, 0.25) is 0 Å². The van der Waals surface area contributed by atoms with Crippen molar-refractivity contribution in [2.24, 2.45) is 0 Å². The monoisotopic (exact) mass is 237 g/mol. The van der Waals surface area contributed by atoms with Gasteiger partial charge in [0, 0.05) is 12.1 Å². The van der Waals surface area contributed by atoms with Crippen molar-refractivity contribution in [2.45, 2.75) is 31.8 Å². The zero-order chi connectivity index (χ0) is 12.4. The highest BCUT2D eigenvalue weighted by atomic mass is 14.9. The van der Waals surface area contributed by atoms with Gasteiger partial charge in [-0.25, -0.2) is 0 Å². The summed E-state index contributed by atoms with van der Waals surface area (Å²) < 4.78 is 0. The Labute approximate surface area is 109 Å². The predicted octanol–water partition coefficient (Wildman–Crippen LogP) is 4.21. The van der Waals surface area contributed by atoms with Gasteiger partial charge in [0.15, 0.2) is 0 Å². The predicted molar refractivity (Wildman–Crippen MR) is 77.7 cm³/mol. The number of hydrogen-bond donors (Lipinski definition) is 1. The van der Waals surface area contributed by atoms with Crippen molar-refractivity contribution in [2.75, 3.05) is 0 Å². The maximum Gasteiger partial charge on any atom is 0.0294 e. The number of rotatable bonds is 3. The lowest BCUT2D eigenvalue weighted by atomic mass is 10.0. The van der Waals surface area contributed by atoms with Gasteiger partial charge in [-0.2, -0.15) is 0 Å². The third-order valence-electron chi connectivity index (χ3n) is 3.77. The van der Waals surface area contributed by atoms with Gasteiger partial charge in [-0.1, -0.05) is 48.6 Å². The second-order valence-corrected chi connectivity index (χ2v) is 5.13. The fourth-order valence-electron chi connectivity index (χ4n) is 2.68. The first-order valence-electron chi connectivity index (χ1n) is 6.73. The highest BCUT2D eigenvalue weighted by Crippen LogP contribution is 2.22. The van der Waals surface area contributed by atoms with Crippen LogP contribution in [0.4, 0.5) is 0 Å². The summed E-state index contributed by atoms with van der Waals surface area (Å²) >= 11 is 0. The Kier molecular flexibility index (Phi) is 3.16. The molecule has 1 aliphatic carbocycles. The first kappa shape index (κ1) is 11.5. The minimum Gasteiger partial charge on any atom is -0.307 e. The Morgan fingerprint density at radius 1 is 1.00 bits per heavy atom. The van der Waals surface area contributed by atoms with E-state index in [-0.39, 0.29) is 0 Å². The quantitative estimate of drug-likeness (QED) is 0.788. The van der Waals surface area contributed by atoms with E-state index >= 15 is 0 Å². The lowest BCUT2D eigenvalue weighted by Gasteiger charge is -2.20. The number of fused-ring (bicyclic) bond motifs is 1. The van der Waals surface area contributed by atoms with Gasteiger partial charge >= 0.3 is 0 Å². The average molecular weight is 237 g/mol. The van der Waals surface area contributed by atoms with Crippen molar-refractivity contribution in [1.82, 2.24) is 5.32 Å². The molecule has 0 saturated heterocycles. The largest absolute Gasteiger partial charge is 0.307 e. The summed E-state index contributed by atoms with van der Waals surface area (Å²) in [5, 5.41) is 6.34. The Balaban J connectivity index is 1.80. The Hall–Kier alpha value is -1.60. The molecule has 0 bridgehead atoms. The Bertz CT molecular complexity index is 563. The van der Waals surface area contributed by atoms with Gasteiger partial charge in [-0.15, -0.1) is 0 Å². The molecule has 0 saturated carbocycles. The molecule has 0 aromatic heterocycles. The van der Waals surface area contributed by atoms with Crippen LogP contribution in [-0.4, -0.2) is 6.04 Å². The summed E-state index contributed by atoms with van der Waals surface area (Å²) in [7, 11) is 0. The lowest BCUT2D eigenvalue weighted by molar-refractivity contribution is 0.472. The van der Waals surface area contributed by atoms with Crippen LogP contribution in [0, 0.1) is 0 Å². The van der Waals surface area contributed by atoms with E-state index in [0.717, 1.165) is 12.8 Å². The molecule has 1 heteroatoms. The van der Waals surface area contributed by atoms with Crippen LogP contribution in [-0.2, 0) is 0 Å². The van der Waals surface area contributed by atoms with Gasteiger partial charge in [-0.3, -0.25) is 0 Å². The fourth-order valence-corrected chi connectivity index (χ4v) is 2.68. The maximum atomic E-state index is 3.70. The summed E-state index contributed by atoms with van der Waals surface area (Å²) in [6.45, 7) is 2.25. The zero-order valence-electron chi connectivity index (χ0n) is 10.8. The fraction of sp³-hybridized carbons (Fsp3) is 0.294. The molecule has 18 heavy (non-hydrogen) atoms. The standard InChI is InChI=1S/C17H19N/c1-13(18-17-8-4-5-9-17)15-11-10-14-6-2-3-7-16(14)12-15/h2-7,10-13,17-18H,8-9H2,1H3. The van der Waals surface area contributed by atoms with Crippen molar-refractivity contribution in [3.05, 3.63) is 60.2 Å². The van der Waals surface area contributed by atoms with E-state index in [1.54, 1.807) is 0 Å². The van der Waals surface area contributed by atoms with Crippen molar-refractivity contribution in [1.29, 1.82) is 0 Å². The van der Waals surface area contributed by atoms with E-state index in [1.807, 2.05) is 0 Å². The minimum atomic E-state index is 0.416. The van der Waals surface area contributed by atoms with Crippen molar-refractivity contribution < 1.29 is 0 Å². The van der Waals surface area contributed by atoms with Crippen LogP contribution in [0.1, 0.15) is 31.4 Å². The first-order chi connectivity index (χ1) is 8.83. The second-order valence-electron chi connectivity index (χ2n) is 5.13. The van der Waals surface area contributed by atoms with Crippen molar-refractivity contribution in [3.8, 4) is 0 Å². The molecule has 2 aromatic carbocycles. The summed E-state index contributed by atoms with van der Waals surface area (Å²) in [6.07, 6.45) is 6.87. The number of nitrogens with one attached hydrogen (secondary N) is 1. The normalized spacial score (nSPS) is 17.4. The van der Waals surface area contributed by atoms with Crippen LogP contribution in [0.5, 0.6) is 0 Å². The number of hydrogen-bond acceptors (Lipinski definition) is 1. The molecule has 0 spiro atoms. The molecule has 1 nitrogen and oxygen atoms in total. The summed E-state index contributed by atoms with van der Waals surface area (Å²) in [6, 6.07) is 16.3. The number of benzene rings is 2. The Morgan fingerprint density at radius 2 is 1.72 bits per heavy atom. The zero-order valence-corrected chi connectivity index (χ0v) is 10.8. The van der Waals surface area contributed by atoms with Gasteiger partial charge in [-0.05, 0) is 42.2 Å². The molecule has 0 fully saturated rings. The second kappa shape index (κ2) is 4.95. The minimum absolute atomic E-state index is 0.416. The lowest BCUT2D eigenvalue weighted by Crippen LogP contribution is -2.29. The van der Waals surface area contributed by atoms with E-state index in [4.69, 9.17) is 0 Å². The molecule has 1 unspecified atom stereocenters. The topological polar surface area (TPSA) is 12.0 Å². The summed E-state index contributed by atoms with van der Waals surface area (Å²) in [4.78, 5) is 0. The molecule has 1 N–H and O–H groups in total. The molecular weight excluding hydrogens is 218 g/mol. The SMILES string of the molecule is CC(NC1CC=CC1)c1ccc2ccccc2c1. The van der Waals surface area contributed by atoms with Crippen molar-refractivity contribution in [3.63, 3.8) is 0 Å². The van der Waals surface area contributed by atoms with Crippen molar-refractivity contribution >= 4 is 10.8 Å². The third kappa shape index (κ3) is 2.32. The van der Waals surface area contributed by atoms with Crippen LogP contribution in [0.15, 0.2) is 54.6 Å². The smallest absolute Gasteiger partial charge is 0.0294 e. The molecule has 3 rings (SSSR count). The van der Waals surface area contributed by atoms with E-state index in [1.165, 1.54) is 16.3 Å². The molecule has 92 valence electrons. The van der Waals surface area contributed by atoms with E-state index in [0.29, 0.717) is 12.1 Å². The molecule has 0 heterocycles. The highest BCUT2D eigenvalue weighted by molar-refractivity contribution is 5.83. The van der Waals surface area contributed by atoms with E-state index < -0.39 is 0 Å². The van der Waals surface area contributed by atoms with Crippen LogP contribution in [0.2, 0.25) is 0 Å². The molecule has 0 radical (unpaired) electrons. The average Bonchev–Trinajstić information content (AvgIpc) is 2.91. The molecule has 0 amide bonds. The van der Waals surface area contributed by atoms with Crippen LogP contribution >= 0.6 is 0 Å². The maximum absolute atomic E-state index is 3.70. The first-order valence-corrected chi connectivity index (χ1v) is 6.73. The third-order valence-corrected chi connectivity index (χ3v) is 3.77. The highest BCUT2D eigenvalue weighted by Gasteiger charge is 2.14. The van der Waals surface area contributed by atoms with E-state index in [9.17, 15) is 0 Å². The van der Waals surface area contributed by atoms with Gasteiger partial charge in [0.25, 0.3) is 0 Å². The summed E-state index contributed by atoms with van der Waals surface area (Å²) in [5.41, 5.74) is 1.38. The molecular formula is C17H19N. The van der Waals surface area contributed by atoms with Crippen LogP contribution in [0.25, 0.3) is 10.8 Å². The van der Waals surface area contributed by atoms with Gasteiger partial charge < -0.3 is 5.32 Å². The molecule has 0 aliphatic heterocycles. The molecule has 2 aromatic rings. The Morgan fingerprint density at radius 3 is 2.50 bits per heavy atom. The van der Waals surface area contributed by atoms with Gasteiger partial charge in [0.05, 0.1) is 0 Å². The molecule has 1 aliphatic rings. The van der Waals surface area contributed by atoms with Crippen LogP contribution < -0.4 is 5.32 Å².